The van der Waals surface area contributed by atoms with Crippen molar-refractivity contribution in [3.8, 4) is 0 Å². The molecule has 0 fully saturated rings. The number of hydrogen-bond donors (Lipinski definition) is 1. The molecule has 0 saturated heterocycles. The molecule has 0 amide bonds. The largest absolute Gasteiger partial charge is 0.396 e. The topological polar surface area (TPSA) is 41.8 Å². The molecule has 0 aliphatic carbocycles. The molecule has 86 valence electrons. The highest BCUT2D eigenvalue weighted by atomic mass is 16.6. The van der Waals surface area contributed by atoms with Crippen molar-refractivity contribution in [1.29, 1.82) is 0 Å². The van der Waals surface area contributed by atoms with Crippen LogP contribution in [-0.2, 0) is 4.84 Å². The molecule has 0 radical (unpaired) electrons. The normalized spacial score (nSPS) is 21.4. The van der Waals surface area contributed by atoms with E-state index in [0.717, 1.165) is 24.1 Å². The SMILES string of the molecule is CC[C@@H](CO)[C@H]1CC(c2ccccc2)=NO1. The van der Waals surface area contributed by atoms with Crippen molar-refractivity contribution in [2.45, 2.75) is 25.9 Å². The standard InChI is InChI=1S/C13H17NO2/c1-2-10(9-15)13-8-12(14-16-13)11-6-4-3-5-7-11/h3-7,10,13,15H,2,8-9H2,1H3/t10-,13+/m0/s1. The third-order valence-electron chi connectivity index (χ3n) is 3.08. The van der Waals surface area contributed by atoms with Crippen molar-refractivity contribution in [2.24, 2.45) is 11.1 Å². The molecule has 1 aliphatic rings. The number of nitrogens with zero attached hydrogens (tertiary/aromatic N) is 1. The van der Waals surface area contributed by atoms with E-state index in [9.17, 15) is 5.11 Å². The first kappa shape index (κ1) is 11.1. The van der Waals surface area contributed by atoms with Crippen LogP contribution in [0.1, 0.15) is 25.3 Å². The zero-order chi connectivity index (χ0) is 11.4. The Morgan fingerprint density at radius 2 is 2.19 bits per heavy atom. The Kier molecular flexibility index (Phi) is 3.57. The highest BCUT2D eigenvalue weighted by Gasteiger charge is 2.28. The van der Waals surface area contributed by atoms with Gasteiger partial charge in [-0.1, -0.05) is 42.4 Å². The quantitative estimate of drug-likeness (QED) is 0.843. The molecule has 0 aromatic heterocycles. The first-order valence-electron chi connectivity index (χ1n) is 5.74. The van der Waals surface area contributed by atoms with Crippen molar-refractivity contribution in [1.82, 2.24) is 0 Å². The van der Waals surface area contributed by atoms with E-state index in [1.807, 2.05) is 30.3 Å². The molecule has 1 N–H and O–H groups in total. The Bertz CT molecular complexity index is 357. The second-order valence-electron chi connectivity index (χ2n) is 4.10. The summed E-state index contributed by atoms with van der Waals surface area (Å²) in [6.45, 7) is 2.23. The van der Waals surface area contributed by atoms with Gasteiger partial charge in [-0.3, -0.25) is 0 Å². The van der Waals surface area contributed by atoms with Gasteiger partial charge in [-0.05, 0) is 12.0 Å². The number of aliphatic hydroxyl groups excluding tert-OH is 1. The summed E-state index contributed by atoms with van der Waals surface area (Å²) in [6, 6.07) is 10.0. The van der Waals surface area contributed by atoms with Crippen LogP contribution in [0.4, 0.5) is 0 Å². The minimum absolute atomic E-state index is 0.0326. The van der Waals surface area contributed by atoms with Gasteiger partial charge in [-0.15, -0.1) is 0 Å². The molecule has 1 aromatic carbocycles. The highest BCUT2D eigenvalue weighted by molar-refractivity contribution is 6.01. The molecule has 0 bridgehead atoms. The molecule has 0 spiro atoms. The van der Waals surface area contributed by atoms with Gasteiger partial charge in [0.05, 0.1) is 5.71 Å². The Morgan fingerprint density at radius 1 is 1.44 bits per heavy atom. The zero-order valence-corrected chi connectivity index (χ0v) is 9.47. The van der Waals surface area contributed by atoms with Gasteiger partial charge in [-0.25, -0.2) is 0 Å². The molecule has 1 aliphatic heterocycles. The lowest BCUT2D eigenvalue weighted by atomic mass is 9.94. The number of hydrogen-bond acceptors (Lipinski definition) is 3. The molecule has 2 rings (SSSR count). The minimum atomic E-state index is 0.0326. The molecule has 16 heavy (non-hydrogen) atoms. The van der Waals surface area contributed by atoms with Gasteiger partial charge in [0.2, 0.25) is 0 Å². The van der Waals surface area contributed by atoms with Crippen LogP contribution in [0.3, 0.4) is 0 Å². The van der Waals surface area contributed by atoms with E-state index in [4.69, 9.17) is 4.84 Å². The van der Waals surface area contributed by atoms with E-state index in [0.29, 0.717) is 0 Å². The lowest BCUT2D eigenvalue weighted by Gasteiger charge is -2.17. The molecule has 0 saturated carbocycles. The van der Waals surface area contributed by atoms with Crippen LogP contribution in [0.15, 0.2) is 35.5 Å². The molecule has 2 atom stereocenters. The number of oxime groups is 1. The third kappa shape index (κ3) is 2.25. The average Bonchev–Trinajstić information content (AvgIpc) is 2.81. The van der Waals surface area contributed by atoms with Crippen molar-refractivity contribution < 1.29 is 9.94 Å². The van der Waals surface area contributed by atoms with Crippen molar-refractivity contribution >= 4 is 5.71 Å². The summed E-state index contributed by atoms with van der Waals surface area (Å²) in [5.41, 5.74) is 2.09. The van der Waals surface area contributed by atoms with Crippen LogP contribution in [0.5, 0.6) is 0 Å². The van der Waals surface area contributed by atoms with Gasteiger partial charge >= 0.3 is 0 Å². The summed E-state index contributed by atoms with van der Waals surface area (Å²) in [6.07, 6.45) is 1.74. The molecule has 1 heterocycles. The first-order valence-corrected chi connectivity index (χ1v) is 5.74. The molecule has 3 heteroatoms. The maximum absolute atomic E-state index is 9.21. The fraction of sp³-hybridized carbons (Fsp3) is 0.462. The Labute approximate surface area is 95.7 Å². The van der Waals surface area contributed by atoms with Crippen LogP contribution in [0.25, 0.3) is 0 Å². The lowest BCUT2D eigenvalue weighted by Crippen LogP contribution is -2.23. The second-order valence-corrected chi connectivity index (χ2v) is 4.10. The van der Waals surface area contributed by atoms with Crippen molar-refractivity contribution in [3.05, 3.63) is 35.9 Å². The monoisotopic (exact) mass is 219 g/mol. The molecule has 1 aromatic rings. The van der Waals surface area contributed by atoms with Gasteiger partial charge < -0.3 is 9.94 Å². The third-order valence-corrected chi connectivity index (χ3v) is 3.08. The van der Waals surface area contributed by atoms with Gasteiger partial charge in [0, 0.05) is 18.9 Å². The van der Waals surface area contributed by atoms with Gasteiger partial charge in [0.1, 0.15) is 6.10 Å². The van der Waals surface area contributed by atoms with E-state index in [1.54, 1.807) is 0 Å². The predicted octanol–water partition coefficient (Wildman–Crippen LogP) is 2.20. The molecular weight excluding hydrogens is 202 g/mol. The average molecular weight is 219 g/mol. The first-order chi connectivity index (χ1) is 7.85. The van der Waals surface area contributed by atoms with Crippen molar-refractivity contribution in [2.75, 3.05) is 6.61 Å². The summed E-state index contributed by atoms with van der Waals surface area (Å²) in [7, 11) is 0. The highest BCUT2D eigenvalue weighted by Crippen LogP contribution is 2.23. The van der Waals surface area contributed by atoms with Gasteiger partial charge in [0.15, 0.2) is 0 Å². The summed E-state index contributed by atoms with van der Waals surface area (Å²) < 4.78 is 0. The Balaban J connectivity index is 2.02. The number of aliphatic hydroxyl groups is 1. The van der Waals surface area contributed by atoms with Crippen LogP contribution < -0.4 is 0 Å². The van der Waals surface area contributed by atoms with E-state index >= 15 is 0 Å². The molecule has 0 unspecified atom stereocenters. The molecule has 3 nitrogen and oxygen atoms in total. The summed E-state index contributed by atoms with van der Waals surface area (Å²) in [5.74, 6) is 0.185. The number of rotatable bonds is 4. The minimum Gasteiger partial charge on any atom is -0.396 e. The van der Waals surface area contributed by atoms with Gasteiger partial charge in [-0.2, -0.15) is 0 Å². The van der Waals surface area contributed by atoms with Crippen LogP contribution >= 0.6 is 0 Å². The number of benzene rings is 1. The maximum atomic E-state index is 9.21. The fourth-order valence-electron chi connectivity index (χ4n) is 1.96. The van der Waals surface area contributed by atoms with Crippen LogP contribution in [-0.4, -0.2) is 23.5 Å². The maximum Gasteiger partial charge on any atom is 0.138 e. The lowest BCUT2D eigenvalue weighted by molar-refractivity contribution is 0.0164. The summed E-state index contributed by atoms with van der Waals surface area (Å²) in [4.78, 5) is 5.39. The van der Waals surface area contributed by atoms with Crippen LogP contribution in [0.2, 0.25) is 0 Å². The Morgan fingerprint density at radius 3 is 2.81 bits per heavy atom. The van der Waals surface area contributed by atoms with E-state index in [2.05, 4.69) is 12.1 Å². The second kappa shape index (κ2) is 5.12. The van der Waals surface area contributed by atoms with Gasteiger partial charge in [0.25, 0.3) is 0 Å². The zero-order valence-electron chi connectivity index (χ0n) is 9.47. The Hall–Kier alpha value is -1.35. The fourth-order valence-corrected chi connectivity index (χ4v) is 1.96. The van der Waals surface area contributed by atoms with Crippen molar-refractivity contribution in [3.63, 3.8) is 0 Å². The smallest absolute Gasteiger partial charge is 0.138 e. The van der Waals surface area contributed by atoms with Crippen LogP contribution in [0, 0.1) is 5.92 Å². The summed E-state index contributed by atoms with van der Waals surface area (Å²) >= 11 is 0. The van der Waals surface area contributed by atoms with E-state index in [1.165, 1.54) is 0 Å². The van der Waals surface area contributed by atoms with E-state index in [-0.39, 0.29) is 18.6 Å². The van der Waals surface area contributed by atoms with E-state index < -0.39 is 0 Å². The molecular formula is C13H17NO2. The predicted molar refractivity (Wildman–Crippen MR) is 63.3 cm³/mol. The summed E-state index contributed by atoms with van der Waals surface area (Å²) in [5, 5.41) is 13.3.